The van der Waals surface area contributed by atoms with Gasteiger partial charge in [-0.25, -0.2) is 5.43 Å². The first-order valence-electron chi connectivity index (χ1n) is 6.35. The average molecular weight is 375 g/mol. The molecular formula is C16H14IN3. The van der Waals surface area contributed by atoms with Gasteiger partial charge < -0.3 is 0 Å². The lowest BCUT2D eigenvalue weighted by molar-refractivity contribution is 0.633. The van der Waals surface area contributed by atoms with E-state index in [2.05, 4.69) is 57.3 Å². The largest absolute Gasteiger partial charge is 0.271 e. The quantitative estimate of drug-likeness (QED) is 0.419. The maximum absolute atomic E-state index is 5.77. The second kappa shape index (κ2) is 5.87. The predicted molar refractivity (Wildman–Crippen MR) is 90.1 cm³/mol. The first-order valence-corrected chi connectivity index (χ1v) is 7.42. The van der Waals surface area contributed by atoms with E-state index in [1.54, 1.807) is 0 Å². The number of hydrogen-bond acceptors (Lipinski definition) is 3. The summed E-state index contributed by atoms with van der Waals surface area (Å²) in [6.07, 6.45) is 1.88. The number of para-hydroxylation sites is 1. The lowest BCUT2D eigenvalue weighted by atomic mass is 9.99. The van der Waals surface area contributed by atoms with E-state index in [1.807, 2.05) is 36.5 Å². The smallest absolute Gasteiger partial charge is 0.0735 e. The van der Waals surface area contributed by atoms with Crippen LogP contribution in [0.3, 0.4) is 0 Å². The number of aromatic nitrogens is 1. The highest BCUT2D eigenvalue weighted by atomic mass is 127. The molecule has 0 aliphatic carbocycles. The zero-order valence-electron chi connectivity index (χ0n) is 10.8. The number of nitrogens with one attached hydrogen (secondary N) is 1. The second-order valence-corrected chi connectivity index (χ2v) is 5.74. The molecule has 100 valence electrons. The fourth-order valence-electron chi connectivity index (χ4n) is 2.32. The van der Waals surface area contributed by atoms with Gasteiger partial charge in [0, 0.05) is 15.2 Å². The normalized spacial score (nSPS) is 12.5. The summed E-state index contributed by atoms with van der Waals surface area (Å²) in [4.78, 5) is 4.51. The van der Waals surface area contributed by atoms with Gasteiger partial charge >= 0.3 is 0 Å². The van der Waals surface area contributed by atoms with E-state index in [4.69, 9.17) is 5.84 Å². The Labute approximate surface area is 131 Å². The molecule has 4 heteroatoms. The summed E-state index contributed by atoms with van der Waals surface area (Å²) in [5, 5.41) is 1.12. The zero-order chi connectivity index (χ0) is 13.9. The van der Waals surface area contributed by atoms with Crippen LogP contribution in [0.1, 0.15) is 17.2 Å². The topological polar surface area (TPSA) is 50.9 Å². The van der Waals surface area contributed by atoms with Gasteiger partial charge in [-0.1, -0.05) is 36.4 Å². The van der Waals surface area contributed by atoms with Gasteiger partial charge in [0.05, 0.1) is 11.6 Å². The standard InChI is InChI=1S/C16H14IN3/c17-14-7-3-2-6-13(14)16(20-18)12-9-11-5-1-4-8-15(11)19-10-12/h1-10,16,20H,18H2. The van der Waals surface area contributed by atoms with Crippen LogP contribution >= 0.6 is 22.6 Å². The third-order valence-corrected chi connectivity index (χ3v) is 4.31. The Hall–Kier alpha value is -1.50. The van der Waals surface area contributed by atoms with Gasteiger partial charge in [-0.15, -0.1) is 0 Å². The Morgan fingerprint density at radius 1 is 1.05 bits per heavy atom. The maximum atomic E-state index is 5.77. The molecule has 3 nitrogen and oxygen atoms in total. The first-order chi connectivity index (χ1) is 9.79. The zero-order valence-corrected chi connectivity index (χ0v) is 12.9. The van der Waals surface area contributed by atoms with Crippen molar-refractivity contribution in [2.45, 2.75) is 6.04 Å². The molecule has 3 aromatic rings. The lowest BCUT2D eigenvalue weighted by Crippen LogP contribution is -2.29. The minimum Gasteiger partial charge on any atom is -0.271 e. The van der Waals surface area contributed by atoms with E-state index in [0.29, 0.717) is 0 Å². The summed E-state index contributed by atoms with van der Waals surface area (Å²) in [7, 11) is 0. The Bertz CT molecular complexity index is 742. The molecule has 1 atom stereocenters. The highest BCUT2D eigenvalue weighted by Gasteiger charge is 2.15. The molecule has 0 bridgehead atoms. The Kier molecular flexibility index (Phi) is 3.95. The van der Waals surface area contributed by atoms with Crippen LogP contribution in [0.5, 0.6) is 0 Å². The van der Waals surface area contributed by atoms with Crippen molar-refractivity contribution in [3.8, 4) is 0 Å². The van der Waals surface area contributed by atoms with E-state index < -0.39 is 0 Å². The van der Waals surface area contributed by atoms with Crippen molar-refractivity contribution in [2.24, 2.45) is 5.84 Å². The SMILES string of the molecule is NNC(c1cnc2ccccc2c1)c1ccccc1I. The van der Waals surface area contributed by atoms with Crippen molar-refractivity contribution in [1.82, 2.24) is 10.4 Å². The Morgan fingerprint density at radius 2 is 1.80 bits per heavy atom. The molecule has 0 aliphatic heterocycles. The molecule has 0 aliphatic rings. The van der Waals surface area contributed by atoms with Crippen LogP contribution in [-0.2, 0) is 0 Å². The summed E-state index contributed by atoms with van der Waals surface area (Å²) >= 11 is 2.33. The van der Waals surface area contributed by atoms with Gasteiger partial charge in [-0.2, -0.15) is 0 Å². The van der Waals surface area contributed by atoms with Crippen molar-refractivity contribution in [3.63, 3.8) is 0 Å². The number of rotatable bonds is 3. The number of nitrogens with zero attached hydrogens (tertiary/aromatic N) is 1. The van der Waals surface area contributed by atoms with E-state index >= 15 is 0 Å². The lowest BCUT2D eigenvalue weighted by Gasteiger charge is -2.18. The van der Waals surface area contributed by atoms with Crippen LogP contribution in [0.25, 0.3) is 10.9 Å². The van der Waals surface area contributed by atoms with Crippen LogP contribution in [0.2, 0.25) is 0 Å². The van der Waals surface area contributed by atoms with Crippen molar-refractivity contribution in [2.75, 3.05) is 0 Å². The highest BCUT2D eigenvalue weighted by Crippen LogP contribution is 2.26. The van der Waals surface area contributed by atoms with Gasteiger partial charge in [-0.05, 0) is 51.9 Å². The number of hydrazine groups is 1. The summed E-state index contributed by atoms with van der Waals surface area (Å²) in [5.41, 5.74) is 6.12. The third-order valence-electron chi connectivity index (χ3n) is 3.33. The van der Waals surface area contributed by atoms with E-state index in [-0.39, 0.29) is 6.04 Å². The van der Waals surface area contributed by atoms with Gasteiger partial charge in [0.25, 0.3) is 0 Å². The van der Waals surface area contributed by atoms with Crippen molar-refractivity contribution < 1.29 is 0 Å². The summed E-state index contributed by atoms with van der Waals surface area (Å²) in [6, 6.07) is 18.4. The van der Waals surface area contributed by atoms with Crippen LogP contribution in [0, 0.1) is 3.57 Å². The van der Waals surface area contributed by atoms with E-state index in [9.17, 15) is 0 Å². The van der Waals surface area contributed by atoms with Gasteiger partial charge in [0.2, 0.25) is 0 Å². The highest BCUT2D eigenvalue weighted by molar-refractivity contribution is 14.1. The first kappa shape index (κ1) is 13.5. The molecular weight excluding hydrogens is 361 g/mol. The molecule has 0 saturated heterocycles. The molecule has 0 fully saturated rings. The average Bonchev–Trinajstić information content (AvgIpc) is 2.50. The summed E-state index contributed by atoms with van der Waals surface area (Å²) in [5.74, 6) is 5.77. The van der Waals surface area contributed by atoms with Gasteiger partial charge in [0.1, 0.15) is 0 Å². The van der Waals surface area contributed by atoms with E-state index in [1.165, 1.54) is 3.57 Å². The molecule has 3 N–H and O–H groups in total. The molecule has 1 aromatic heterocycles. The van der Waals surface area contributed by atoms with Crippen molar-refractivity contribution in [3.05, 3.63) is 75.5 Å². The minimum absolute atomic E-state index is 0.0554. The molecule has 1 heterocycles. The van der Waals surface area contributed by atoms with Crippen molar-refractivity contribution >= 4 is 33.5 Å². The maximum Gasteiger partial charge on any atom is 0.0735 e. The van der Waals surface area contributed by atoms with Gasteiger partial charge in [0.15, 0.2) is 0 Å². The number of pyridine rings is 1. The molecule has 1 unspecified atom stereocenters. The summed E-state index contributed by atoms with van der Waals surface area (Å²) < 4.78 is 1.18. The molecule has 0 spiro atoms. The molecule has 0 amide bonds. The fourth-order valence-corrected chi connectivity index (χ4v) is 3.02. The monoisotopic (exact) mass is 375 g/mol. The molecule has 2 aromatic carbocycles. The number of halogens is 1. The van der Waals surface area contributed by atoms with Crippen molar-refractivity contribution in [1.29, 1.82) is 0 Å². The number of hydrogen-bond donors (Lipinski definition) is 2. The second-order valence-electron chi connectivity index (χ2n) is 4.58. The third kappa shape index (κ3) is 2.54. The Balaban J connectivity index is 2.10. The van der Waals surface area contributed by atoms with Crippen LogP contribution in [-0.4, -0.2) is 4.98 Å². The summed E-state index contributed by atoms with van der Waals surface area (Å²) in [6.45, 7) is 0. The number of benzene rings is 2. The number of fused-ring (bicyclic) bond motifs is 1. The molecule has 20 heavy (non-hydrogen) atoms. The minimum atomic E-state index is -0.0554. The van der Waals surface area contributed by atoms with Crippen LogP contribution in [0.4, 0.5) is 0 Å². The molecule has 3 rings (SSSR count). The molecule has 0 saturated carbocycles. The van der Waals surface area contributed by atoms with Gasteiger partial charge in [-0.3, -0.25) is 10.8 Å². The Morgan fingerprint density at radius 3 is 2.60 bits per heavy atom. The fraction of sp³-hybridized carbons (Fsp3) is 0.0625. The molecule has 0 radical (unpaired) electrons. The van der Waals surface area contributed by atoms with E-state index in [0.717, 1.165) is 22.0 Å². The number of nitrogens with two attached hydrogens (primary N) is 1. The van der Waals surface area contributed by atoms with Crippen LogP contribution < -0.4 is 11.3 Å². The predicted octanol–water partition coefficient (Wildman–Crippen LogP) is 3.39. The van der Waals surface area contributed by atoms with Crippen LogP contribution in [0.15, 0.2) is 60.8 Å².